The predicted octanol–water partition coefficient (Wildman–Crippen LogP) is 2.52. The number of nitrogens with zero attached hydrogens (tertiary/aromatic N) is 6. The first kappa shape index (κ1) is 19.5. The average molecular weight is 419 g/mol. The molecule has 4 aromatic rings. The molecule has 0 saturated carbocycles. The first-order valence-electron chi connectivity index (χ1n) is 10.2. The number of hydrogen-bond donors (Lipinski definition) is 1. The summed E-state index contributed by atoms with van der Waals surface area (Å²) in [6.07, 6.45) is 1.71. The smallest absolute Gasteiger partial charge is 0.154 e. The van der Waals surface area contributed by atoms with Crippen molar-refractivity contribution in [1.82, 2.24) is 24.0 Å². The lowest BCUT2D eigenvalue weighted by molar-refractivity contribution is 0.0366. The molecule has 0 radical (unpaired) electrons. The summed E-state index contributed by atoms with van der Waals surface area (Å²) in [5.74, 6) is -0.0884. The second kappa shape index (κ2) is 7.65. The van der Waals surface area contributed by atoms with Gasteiger partial charge in [0.2, 0.25) is 0 Å². The molecule has 1 fully saturated rings. The highest BCUT2D eigenvalue weighted by atomic mass is 19.1. The van der Waals surface area contributed by atoms with Gasteiger partial charge in [0.1, 0.15) is 17.0 Å². The van der Waals surface area contributed by atoms with Crippen molar-refractivity contribution in [1.29, 1.82) is 5.26 Å². The van der Waals surface area contributed by atoms with E-state index in [9.17, 15) is 9.65 Å². The highest BCUT2D eigenvalue weighted by Gasteiger charge is 2.20. The summed E-state index contributed by atoms with van der Waals surface area (Å²) in [6.45, 7) is 4.62. The first-order valence-corrected chi connectivity index (χ1v) is 10.2. The van der Waals surface area contributed by atoms with E-state index in [1.165, 1.54) is 12.1 Å². The van der Waals surface area contributed by atoms with Crippen LogP contribution in [0.25, 0.3) is 33.3 Å². The van der Waals surface area contributed by atoms with Crippen LogP contribution in [-0.4, -0.2) is 56.9 Å². The molecule has 8 nitrogen and oxygen atoms in total. The summed E-state index contributed by atoms with van der Waals surface area (Å²) in [6, 6.07) is 8.41. The molecule has 1 aromatic carbocycles. The molecule has 1 aliphatic rings. The molecular formula is C22H22FN7O. The maximum absolute atomic E-state index is 14.3. The van der Waals surface area contributed by atoms with Gasteiger partial charge >= 0.3 is 0 Å². The molecule has 9 heteroatoms. The van der Waals surface area contributed by atoms with Gasteiger partial charge in [-0.25, -0.2) is 14.4 Å². The highest BCUT2D eigenvalue weighted by Crippen LogP contribution is 2.34. The molecule has 31 heavy (non-hydrogen) atoms. The van der Waals surface area contributed by atoms with E-state index in [0.717, 1.165) is 55.1 Å². The number of hydrogen-bond acceptors (Lipinski definition) is 6. The monoisotopic (exact) mass is 419 g/mol. The van der Waals surface area contributed by atoms with Gasteiger partial charge in [-0.15, -0.1) is 0 Å². The van der Waals surface area contributed by atoms with Crippen LogP contribution in [0.5, 0.6) is 0 Å². The van der Waals surface area contributed by atoms with Gasteiger partial charge in [0, 0.05) is 44.2 Å². The van der Waals surface area contributed by atoms with Crippen molar-refractivity contribution >= 4 is 27.9 Å². The number of imidazole rings is 1. The number of morpholine rings is 1. The maximum Gasteiger partial charge on any atom is 0.154 e. The van der Waals surface area contributed by atoms with E-state index in [-0.39, 0.29) is 5.56 Å². The second-order valence-corrected chi connectivity index (χ2v) is 7.76. The highest BCUT2D eigenvalue weighted by molar-refractivity contribution is 6.07. The van der Waals surface area contributed by atoms with E-state index in [4.69, 9.17) is 10.5 Å². The zero-order chi connectivity index (χ0) is 21.5. The summed E-state index contributed by atoms with van der Waals surface area (Å²) < 4.78 is 23.7. The number of nitriles is 1. The third kappa shape index (κ3) is 3.40. The Hall–Kier alpha value is -3.48. The van der Waals surface area contributed by atoms with Crippen molar-refractivity contribution in [2.24, 2.45) is 7.05 Å². The zero-order valence-corrected chi connectivity index (χ0v) is 17.2. The van der Waals surface area contributed by atoms with E-state index in [1.54, 1.807) is 12.4 Å². The number of pyridine rings is 1. The predicted molar refractivity (Wildman–Crippen MR) is 116 cm³/mol. The van der Waals surface area contributed by atoms with Gasteiger partial charge in [-0.05, 0) is 24.3 Å². The van der Waals surface area contributed by atoms with Crippen LogP contribution in [0.4, 0.5) is 10.2 Å². The normalized spacial score (nSPS) is 15.0. The molecule has 0 atom stereocenters. The molecule has 2 N–H and O–H groups in total. The van der Waals surface area contributed by atoms with Crippen molar-refractivity contribution in [2.45, 2.75) is 6.54 Å². The number of halogens is 1. The van der Waals surface area contributed by atoms with Crippen molar-refractivity contribution < 1.29 is 9.13 Å². The molecule has 4 heterocycles. The minimum Gasteiger partial charge on any atom is -0.382 e. The SMILES string of the molecule is Cn1cnc2c(N)nc3c(cc(-c4cc(F)cc(C#N)c4)n3CCN3CCOCC3)c21. The van der Waals surface area contributed by atoms with Crippen LogP contribution < -0.4 is 5.73 Å². The van der Waals surface area contributed by atoms with Crippen molar-refractivity contribution in [2.75, 3.05) is 38.6 Å². The van der Waals surface area contributed by atoms with E-state index < -0.39 is 5.82 Å². The largest absolute Gasteiger partial charge is 0.382 e. The van der Waals surface area contributed by atoms with Crippen LogP contribution in [0.15, 0.2) is 30.6 Å². The number of rotatable bonds is 4. The second-order valence-electron chi connectivity index (χ2n) is 7.76. The van der Waals surface area contributed by atoms with Gasteiger partial charge in [0.05, 0.1) is 42.4 Å². The van der Waals surface area contributed by atoms with E-state index in [0.29, 0.717) is 23.4 Å². The third-order valence-corrected chi connectivity index (χ3v) is 5.80. The van der Waals surface area contributed by atoms with Gasteiger partial charge in [-0.1, -0.05) is 0 Å². The van der Waals surface area contributed by atoms with Gasteiger partial charge in [-0.3, -0.25) is 4.90 Å². The summed E-state index contributed by atoms with van der Waals surface area (Å²) >= 11 is 0. The van der Waals surface area contributed by atoms with Gasteiger partial charge < -0.3 is 19.6 Å². The topological polar surface area (TPSA) is 97.9 Å². The standard InChI is InChI=1S/C22H22FN7O/c1-28-13-26-19-20(28)17-11-18(15-8-14(12-24)9-16(23)10-15)30(22(17)27-21(19)25)3-2-29-4-6-31-7-5-29/h8-11,13H,2-7H2,1H3,(H2,25,27). The van der Waals surface area contributed by atoms with Crippen LogP contribution >= 0.6 is 0 Å². The van der Waals surface area contributed by atoms with E-state index in [1.807, 2.05) is 23.8 Å². The van der Waals surface area contributed by atoms with Gasteiger partial charge in [0.25, 0.3) is 0 Å². The quantitative estimate of drug-likeness (QED) is 0.546. The molecule has 158 valence electrons. The van der Waals surface area contributed by atoms with Crippen LogP contribution in [0.1, 0.15) is 5.56 Å². The summed E-state index contributed by atoms with van der Waals surface area (Å²) in [7, 11) is 1.91. The number of benzene rings is 1. The number of aryl methyl sites for hydroxylation is 1. The number of aromatic nitrogens is 4. The fourth-order valence-electron chi connectivity index (χ4n) is 4.27. The number of nitrogens with two attached hydrogens (primary N) is 1. The summed E-state index contributed by atoms with van der Waals surface area (Å²) in [5.41, 5.74) is 10.2. The maximum atomic E-state index is 14.3. The molecule has 0 bridgehead atoms. The van der Waals surface area contributed by atoms with Crippen LogP contribution in [0, 0.1) is 17.1 Å². The average Bonchev–Trinajstić information content (AvgIpc) is 3.33. The fourth-order valence-corrected chi connectivity index (χ4v) is 4.27. The zero-order valence-electron chi connectivity index (χ0n) is 17.2. The minimum atomic E-state index is -0.447. The molecular weight excluding hydrogens is 397 g/mol. The Morgan fingerprint density at radius 2 is 2.00 bits per heavy atom. The van der Waals surface area contributed by atoms with Crippen molar-refractivity contribution in [3.8, 4) is 17.3 Å². The molecule has 3 aromatic heterocycles. The molecule has 5 rings (SSSR count). The van der Waals surface area contributed by atoms with Crippen molar-refractivity contribution in [3.63, 3.8) is 0 Å². The minimum absolute atomic E-state index is 0.276. The van der Waals surface area contributed by atoms with Gasteiger partial charge in [-0.2, -0.15) is 5.26 Å². The Labute approximate surface area is 178 Å². The lowest BCUT2D eigenvalue weighted by atomic mass is 10.1. The van der Waals surface area contributed by atoms with E-state index >= 15 is 0 Å². The lowest BCUT2D eigenvalue weighted by Crippen LogP contribution is -2.38. The van der Waals surface area contributed by atoms with E-state index in [2.05, 4.69) is 19.4 Å². The Balaban J connectivity index is 1.71. The fraction of sp³-hybridized carbons (Fsp3) is 0.318. The molecule has 0 unspecified atom stereocenters. The molecule has 1 aliphatic heterocycles. The number of ether oxygens (including phenoxy) is 1. The number of fused-ring (bicyclic) bond motifs is 3. The third-order valence-electron chi connectivity index (χ3n) is 5.80. The summed E-state index contributed by atoms with van der Waals surface area (Å²) in [4.78, 5) is 11.4. The molecule has 0 spiro atoms. The number of nitrogen functional groups attached to an aromatic ring is 1. The molecule has 0 aliphatic carbocycles. The van der Waals surface area contributed by atoms with Crippen LogP contribution in [-0.2, 0) is 18.3 Å². The summed E-state index contributed by atoms with van der Waals surface area (Å²) in [5, 5.41) is 10.2. The lowest BCUT2D eigenvalue weighted by Gasteiger charge is -2.27. The Kier molecular flexibility index (Phi) is 4.81. The Bertz CT molecular complexity index is 1330. The Morgan fingerprint density at radius 3 is 2.77 bits per heavy atom. The van der Waals surface area contributed by atoms with Crippen molar-refractivity contribution in [3.05, 3.63) is 42.0 Å². The van der Waals surface area contributed by atoms with Crippen LogP contribution in [0.2, 0.25) is 0 Å². The first-order chi connectivity index (χ1) is 15.0. The Morgan fingerprint density at radius 1 is 1.19 bits per heavy atom. The van der Waals surface area contributed by atoms with Gasteiger partial charge in [0.15, 0.2) is 5.82 Å². The van der Waals surface area contributed by atoms with Crippen LogP contribution in [0.3, 0.4) is 0 Å². The molecule has 1 saturated heterocycles. The molecule has 0 amide bonds. The number of anilines is 1.